The Bertz CT molecular complexity index is 694. The number of aryl methyl sites for hydroxylation is 1. The zero-order chi connectivity index (χ0) is 17.1. The predicted molar refractivity (Wildman–Crippen MR) is 103 cm³/mol. The zero-order valence-corrected chi connectivity index (χ0v) is 15.4. The van der Waals surface area contributed by atoms with E-state index in [1.165, 1.54) is 75.5 Å². The fraction of sp³-hybridized carbons (Fsp3) is 0.591. The third-order valence-corrected chi connectivity index (χ3v) is 5.92. The summed E-state index contributed by atoms with van der Waals surface area (Å²) in [5.74, 6) is 1.59. The number of hydrogen-bond donors (Lipinski definition) is 1. The molecule has 2 aliphatic carbocycles. The number of oxazole rings is 1. The Morgan fingerprint density at radius 2 is 1.80 bits per heavy atom. The number of anilines is 1. The van der Waals surface area contributed by atoms with Gasteiger partial charge in [-0.1, -0.05) is 51.0 Å². The van der Waals surface area contributed by atoms with Crippen molar-refractivity contribution in [3.05, 3.63) is 35.7 Å². The van der Waals surface area contributed by atoms with Crippen LogP contribution in [0.3, 0.4) is 0 Å². The molecule has 1 aromatic carbocycles. The van der Waals surface area contributed by atoms with Crippen LogP contribution in [0.15, 0.2) is 28.9 Å². The van der Waals surface area contributed by atoms with E-state index in [1.807, 2.05) is 6.92 Å². The lowest BCUT2D eigenvalue weighted by Gasteiger charge is -2.24. The largest absolute Gasteiger partial charge is 0.444 e. The van der Waals surface area contributed by atoms with Crippen molar-refractivity contribution in [2.45, 2.75) is 77.2 Å². The van der Waals surface area contributed by atoms with Gasteiger partial charge in [-0.15, -0.1) is 0 Å². The Balaban J connectivity index is 1.59. The molecule has 1 heterocycles. The Labute approximate surface area is 151 Å². The van der Waals surface area contributed by atoms with Gasteiger partial charge in [0.25, 0.3) is 0 Å². The third kappa shape index (κ3) is 4.08. The van der Waals surface area contributed by atoms with Crippen molar-refractivity contribution in [1.29, 1.82) is 0 Å². The summed E-state index contributed by atoms with van der Waals surface area (Å²) in [5.41, 5.74) is 4.81. The average molecular weight is 338 g/mol. The molecular weight excluding hydrogens is 308 g/mol. The quantitative estimate of drug-likeness (QED) is 0.713. The summed E-state index contributed by atoms with van der Waals surface area (Å²) in [7, 11) is 0. The zero-order valence-electron chi connectivity index (χ0n) is 15.4. The second-order valence-corrected chi connectivity index (χ2v) is 8.00. The molecule has 2 aromatic rings. The second kappa shape index (κ2) is 7.63. The van der Waals surface area contributed by atoms with Crippen LogP contribution in [0.2, 0.25) is 0 Å². The van der Waals surface area contributed by atoms with Gasteiger partial charge in [-0.05, 0) is 49.8 Å². The van der Waals surface area contributed by atoms with Crippen molar-refractivity contribution in [3.8, 4) is 11.5 Å². The van der Waals surface area contributed by atoms with Crippen LogP contribution in [0.4, 0.5) is 5.69 Å². The van der Waals surface area contributed by atoms with Crippen molar-refractivity contribution in [2.75, 3.05) is 5.32 Å². The second-order valence-electron chi connectivity index (χ2n) is 8.00. The molecule has 4 rings (SSSR count). The van der Waals surface area contributed by atoms with Gasteiger partial charge in [0, 0.05) is 17.3 Å². The van der Waals surface area contributed by atoms with E-state index >= 15 is 0 Å². The van der Waals surface area contributed by atoms with Crippen molar-refractivity contribution in [2.24, 2.45) is 5.92 Å². The molecule has 3 nitrogen and oxygen atoms in total. The van der Waals surface area contributed by atoms with Crippen LogP contribution in [0.1, 0.15) is 69.0 Å². The maximum atomic E-state index is 5.63. The summed E-state index contributed by atoms with van der Waals surface area (Å²) in [5, 5.41) is 3.85. The fourth-order valence-corrected chi connectivity index (χ4v) is 4.50. The molecule has 1 N–H and O–H groups in total. The average Bonchev–Trinajstić information content (AvgIpc) is 3.29. The maximum absolute atomic E-state index is 5.63. The number of nitrogens with one attached hydrogen (secondary N) is 1. The fourth-order valence-electron chi connectivity index (χ4n) is 4.50. The summed E-state index contributed by atoms with van der Waals surface area (Å²) in [6, 6.07) is 7.39. The molecule has 0 radical (unpaired) electrons. The normalized spacial score (nSPS) is 19.4. The van der Waals surface area contributed by atoms with Crippen LogP contribution in [0.5, 0.6) is 0 Å². The molecule has 0 bridgehead atoms. The molecule has 0 spiro atoms. The first-order valence-electron chi connectivity index (χ1n) is 10.1. The summed E-state index contributed by atoms with van der Waals surface area (Å²) in [6.07, 6.45) is 15.3. The van der Waals surface area contributed by atoms with Gasteiger partial charge >= 0.3 is 0 Å². The van der Waals surface area contributed by atoms with E-state index in [-0.39, 0.29) is 0 Å². The molecule has 134 valence electrons. The molecule has 2 fully saturated rings. The van der Waals surface area contributed by atoms with Crippen LogP contribution in [-0.2, 0) is 6.42 Å². The highest BCUT2D eigenvalue weighted by molar-refractivity contribution is 5.65. The van der Waals surface area contributed by atoms with E-state index < -0.39 is 0 Å². The maximum Gasteiger partial charge on any atom is 0.226 e. The number of aromatic nitrogens is 1. The van der Waals surface area contributed by atoms with Crippen molar-refractivity contribution in [3.63, 3.8) is 0 Å². The lowest BCUT2D eigenvalue weighted by molar-refractivity contribution is 0.357. The third-order valence-electron chi connectivity index (χ3n) is 5.92. The molecule has 0 saturated heterocycles. The van der Waals surface area contributed by atoms with Crippen molar-refractivity contribution >= 4 is 5.69 Å². The van der Waals surface area contributed by atoms with E-state index in [4.69, 9.17) is 4.42 Å². The van der Waals surface area contributed by atoms with Gasteiger partial charge in [0.15, 0.2) is 0 Å². The van der Waals surface area contributed by atoms with Crippen LogP contribution in [0.25, 0.3) is 11.5 Å². The highest BCUT2D eigenvalue weighted by Gasteiger charge is 2.20. The first-order valence-corrected chi connectivity index (χ1v) is 10.1. The van der Waals surface area contributed by atoms with Crippen molar-refractivity contribution in [1.82, 2.24) is 4.98 Å². The Morgan fingerprint density at radius 3 is 2.52 bits per heavy atom. The monoisotopic (exact) mass is 338 g/mol. The molecule has 25 heavy (non-hydrogen) atoms. The van der Waals surface area contributed by atoms with E-state index in [0.29, 0.717) is 6.04 Å². The van der Waals surface area contributed by atoms with Crippen molar-refractivity contribution < 1.29 is 4.42 Å². The standard InChI is InChI=1S/C22H30N2O/c1-16-15-25-22(23-16)19-12-11-18(13-17-7-3-2-4-8-17)21(14-19)24-20-9-5-6-10-20/h11-12,14-15,17,20,24H,2-10,13H2,1H3. The minimum absolute atomic E-state index is 0.631. The molecule has 3 heteroatoms. The van der Waals surface area contributed by atoms with Crippen LogP contribution < -0.4 is 5.32 Å². The molecule has 2 aliphatic rings. The number of benzene rings is 1. The molecule has 0 atom stereocenters. The lowest BCUT2D eigenvalue weighted by Crippen LogP contribution is -2.17. The molecule has 0 amide bonds. The number of nitrogens with zero attached hydrogens (tertiary/aromatic N) is 1. The Hall–Kier alpha value is -1.77. The van der Waals surface area contributed by atoms with E-state index in [2.05, 4.69) is 28.5 Å². The smallest absolute Gasteiger partial charge is 0.226 e. The topological polar surface area (TPSA) is 38.1 Å². The Kier molecular flexibility index (Phi) is 5.09. The first-order chi connectivity index (χ1) is 12.3. The molecular formula is C22H30N2O. The summed E-state index contributed by atoms with van der Waals surface area (Å²) >= 11 is 0. The summed E-state index contributed by atoms with van der Waals surface area (Å²) in [4.78, 5) is 4.50. The minimum atomic E-state index is 0.631. The number of hydrogen-bond acceptors (Lipinski definition) is 3. The molecule has 0 unspecified atom stereocenters. The van der Waals surface area contributed by atoms with Gasteiger partial charge in [-0.3, -0.25) is 0 Å². The van der Waals surface area contributed by atoms with E-state index in [9.17, 15) is 0 Å². The Morgan fingerprint density at radius 1 is 1.04 bits per heavy atom. The van der Waals surface area contributed by atoms with Gasteiger partial charge in [0.05, 0.1) is 5.69 Å². The number of rotatable bonds is 5. The van der Waals surface area contributed by atoms with Crippen LogP contribution in [-0.4, -0.2) is 11.0 Å². The first kappa shape index (κ1) is 16.7. The molecule has 0 aliphatic heterocycles. The minimum Gasteiger partial charge on any atom is -0.444 e. The molecule has 1 aromatic heterocycles. The van der Waals surface area contributed by atoms with Gasteiger partial charge in [0.1, 0.15) is 6.26 Å². The summed E-state index contributed by atoms with van der Waals surface area (Å²) in [6.45, 7) is 1.97. The summed E-state index contributed by atoms with van der Waals surface area (Å²) < 4.78 is 5.63. The van der Waals surface area contributed by atoms with E-state index in [0.717, 1.165) is 23.1 Å². The molecule has 2 saturated carbocycles. The van der Waals surface area contributed by atoms with Gasteiger partial charge < -0.3 is 9.73 Å². The SMILES string of the molecule is Cc1coc(-c2ccc(CC3CCCCC3)c(NC3CCCC3)c2)n1. The van der Waals surface area contributed by atoms with Gasteiger partial charge in [-0.25, -0.2) is 4.98 Å². The van der Waals surface area contributed by atoms with Gasteiger partial charge in [-0.2, -0.15) is 0 Å². The van der Waals surface area contributed by atoms with Crippen LogP contribution >= 0.6 is 0 Å². The van der Waals surface area contributed by atoms with E-state index in [1.54, 1.807) is 6.26 Å². The lowest BCUT2D eigenvalue weighted by atomic mass is 9.84. The van der Waals surface area contributed by atoms with Crippen LogP contribution in [0, 0.1) is 12.8 Å². The van der Waals surface area contributed by atoms with Gasteiger partial charge in [0.2, 0.25) is 5.89 Å². The predicted octanol–water partition coefficient (Wildman–Crippen LogP) is 6.13. The highest BCUT2D eigenvalue weighted by atomic mass is 16.3. The highest BCUT2D eigenvalue weighted by Crippen LogP contribution is 2.33.